The van der Waals surface area contributed by atoms with Crippen LogP contribution in [0.5, 0.6) is 0 Å². The zero-order chi connectivity index (χ0) is 20.3. The Morgan fingerprint density at radius 3 is 2.32 bits per heavy atom. The van der Waals surface area contributed by atoms with E-state index in [-0.39, 0.29) is 11.5 Å². The lowest BCUT2D eigenvalue weighted by atomic mass is 9.99. The summed E-state index contributed by atoms with van der Waals surface area (Å²) in [6.07, 6.45) is 1.56. The van der Waals surface area contributed by atoms with Crippen LogP contribution >= 0.6 is 11.3 Å². The van der Waals surface area contributed by atoms with Crippen molar-refractivity contribution < 1.29 is 10.2 Å². The number of fused-ring (bicyclic) bond motifs is 5. The molecule has 0 amide bonds. The van der Waals surface area contributed by atoms with Crippen molar-refractivity contribution >= 4 is 42.3 Å². The Morgan fingerprint density at radius 2 is 1.54 bits per heavy atom. The second-order valence-corrected chi connectivity index (χ2v) is 8.10. The Kier molecular flexibility index (Phi) is 3.66. The van der Waals surface area contributed by atoms with Gasteiger partial charge in [0, 0.05) is 44.1 Å². The van der Waals surface area contributed by atoms with Gasteiger partial charge in [-0.05, 0) is 23.6 Å². The molecule has 0 aliphatic carbocycles. The molecule has 3 aromatic carbocycles. The van der Waals surface area contributed by atoms with Gasteiger partial charge in [0.15, 0.2) is 5.82 Å². The number of hydrogen-bond donors (Lipinski definition) is 0. The van der Waals surface area contributed by atoms with E-state index >= 15 is 4.39 Å². The van der Waals surface area contributed by atoms with Gasteiger partial charge in [0.2, 0.25) is 0 Å². The van der Waals surface area contributed by atoms with E-state index in [1.165, 1.54) is 17.4 Å². The van der Waals surface area contributed by atoms with E-state index in [4.69, 9.17) is 1.37 Å². The van der Waals surface area contributed by atoms with E-state index in [2.05, 4.69) is 4.98 Å². The molecule has 2 aromatic heterocycles. The maximum absolute atomic E-state index is 15.3. The minimum Gasteiger partial charge on any atom is -0.253 e. The smallest absolute Gasteiger partial charge is 0.152 e. The van der Waals surface area contributed by atoms with Crippen LogP contribution in [0.1, 0.15) is 26.7 Å². The Bertz CT molecular complexity index is 1420. The molecule has 0 fully saturated rings. The number of hydrogen-bond acceptors (Lipinski definition) is 2. The Hall–Kier alpha value is -2.85. The van der Waals surface area contributed by atoms with E-state index < -0.39 is 11.7 Å². The van der Waals surface area contributed by atoms with E-state index in [1.54, 1.807) is 38.2 Å². The Labute approximate surface area is 166 Å². The first-order chi connectivity index (χ1) is 13.9. The van der Waals surface area contributed by atoms with Crippen LogP contribution in [0.25, 0.3) is 42.2 Å². The second-order valence-electron chi connectivity index (χ2n) is 7.08. The molecule has 5 rings (SSSR count). The van der Waals surface area contributed by atoms with Crippen LogP contribution in [-0.4, -0.2) is 4.98 Å². The number of thiophene rings is 1. The first-order valence-corrected chi connectivity index (χ1v) is 9.86. The van der Waals surface area contributed by atoms with Crippen LogP contribution in [-0.2, 0) is 0 Å². The zero-order valence-electron chi connectivity index (χ0n) is 16.4. The van der Waals surface area contributed by atoms with Gasteiger partial charge in [-0.1, -0.05) is 56.3 Å². The molecular formula is C24H17F2NS. The lowest BCUT2D eigenvalue weighted by molar-refractivity contribution is 0.596. The summed E-state index contributed by atoms with van der Waals surface area (Å²) < 4.78 is 39.7. The Morgan fingerprint density at radius 1 is 0.857 bits per heavy atom. The van der Waals surface area contributed by atoms with Crippen molar-refractivity contribution in [2.45, 2.75) is 19.7 Å². The van der Waals surface area contributed by atoms with E-state index in [0.717, 1.165) is 25.6 Å². The first kappa shape index (κ1) is 16.1. The van der Waals surface area contributed by atoms with E-state index in [0.29, 0.717) is 16.5 Å². The third-order valence-corrected chi connectivity index (χ3v) is 6.44. The van der Waals surface area contributed by atoms with Gasteiger partial charge < -0.3 is 0 Å². The van der Waals surface area contributed by atoms with Crippen LogP contribution in [0.15, 0.2) is 60.8 Å². The highest BCUT2D eigenvalue weighted by Crippen LogP contribution is 2.43. The molecule has 28 heavy (non-hydrogen) atoms. The maximum atomic E-state index is 15.3. The van der Waals surface area contributed by atoms with Crippen LogP contribution < -0.4 is 0 Å². The molecule has 2 heterocycles. The summed E-state index contributed by atoms with van der Waals surface area (Å²) >= 11 is 1.52. The van der Waals surface area contributed by atoms with Crippen molar-refractivity contribution in [1.82, 2.24) is 4.98 Å². The summed E-state index contributed by atoms with van der Waals surface area (Å²) in [5.41, 5.74) is 1.25. The monoisotopic (exact) mass is 390 g/mol. The number of nitrogens with zero attached hydrogens (tertiary/aromatic N) is 1. The highest BCUT2D eigenvalue weighted by molar-refractivity contribution is 7.27. The summed E-state index contributed by atoms with van der Waals surface area (Å²) in [7, 11) is 0. The molecule has 0 spiro atoms. The number of benzene rings is 3. The maximum Gasteiger partial charge on any atom is 0.152 e. The Balaban J connectivity index is 1.86. The summed E-state index contributed by atoms with van der Waals surface area (Å²) in [5.74, 6) is -1.78. The third-order valence-electron chi connectivity index (χ3n) is 5.15. The van der Waals surface area contributed by atoms with Crippen LogP contribution in [0, 0.1) is 11.6 Å². The van der Waals surface area contributed by atoms with Gasteiger partial charge in [-0.3, -0.25) is 4.98 Å². The van der Waals surface area contributed by atoms with Crippen molar-refractivity contribution in [3.05, 3.63) is 78.0 Å². The molecule has 0 radical (unpaired) electrons. The van der Waals surface area contributed by atoms with E-state index in [1.807, 2.05) is 30.3 Å². The highest BCUT2D eigenvalue weighted by atomic mass is 32.1. The molecule has 4 heteroatoms. The molecular weight excluding hydrogens is 372 g/mol. The number of aromatic nitrogens is 1. The second kappa shape index (κ2) is 6.35. The predicted molar refractivity (Wildman–Crippen MR) is 114 cm³/mol. The number of pyridine rings is 1. The van der Waals surface area contributed by atoms with Gasteiger partial charge in [0.25, 0.3) is 0 Å². The molecule has 0 saturated heterocycles. The molecule has 138 valence electrons. The fourth-order valence-electron chi connectivity index (χ4n) is 3.78. The van der Waals surface area contributed by atoms with Gasteiger partial charge >= 0.3 is 0 Å². The van der Waals surface area contributed by atoms with Crippen molar-refractivity contribution in [3.8, 4) is 11.3 Å². The zero-order valence-corrected chi connectivity index (χ0v) is 16.2. The van der Waals surface area contributed by atoms with Crippen LogP contribution in [0.3, 0.4) is 0 Å². The molecule has 0 unspecified atom stereocenters. The summed E-state index contributed by atoms with van der Waals surface area (Å²) in [6.45, 7) is 3.33. The molecule has 5 aromatic rings. The van der Waals surface area contributed by atoms with Gasteiger partial charge in [-0.2, -0.15) is 0 Å². The largest absolute Gasteiger partial charge is 0.253 e. The van der Waals surface area contributed by atoms with Crippen molar-refractivity contribution in [1.29, 1.82) is 0 Å². The van der Waals surface area contributed by atoms with Gasteiger partial charge in [0.1, 0.15) is 11.5 Å². The van der Waals surface area contributed by atoms with Crippen molar-refractivity contribution in [2.24, 2.45) is 0 Å². The normalized spacial score (nSPS) is 12.8. The van der Waals surface area contributed by atoms with Crippen molar-refractivity contribution in [3.63, 3.8) is 0 Å². The summed E-state index contributed by atoms with van der Waals surface area (Å²) in [6, 6.07) is 16.1. The molecule has 0 atom stereocenters. The molecule has 0 aliphatic heterocycles. The van der Waals surface area contributed by atoms with Crippen LogP contribution in [0.4, 0.5) is 8.78 Å². The van der Waals surface area contributed by atoms with Crippen LogP contribution in [0.2, 0.25) is 0 Å². The molecule has 0 aliphatic rings. The average Bonchev–Trinajstić information content (AvgIpc) is 3.07. The lowest BCUT2D eigenvalue weighted by Crippen LogP contribution is -1.98. The molecule has 0 N–H and O–H groups in total. The summed E-state index contributed by atoms with van der Waals surface area (Å²) in [5, 5.41) is 3.44. The minimum atomic E-state index is -1.07. The summed E-state index contributed by atoms with van der Waals surface area (Å²) in [4.78, 5) is 4.31. The number of rotatable bonds is 2. The third kappa shape index (κ3) is 2.45. The quantitative estimate of drug-likeness (QED) is 0.301. The molecule has 0 saturated carbocycles. The minimum absolute atomic E-state index is 0.246. The topological polar surface area (TPSA) is 12.9 Å². The lowest BCUT2D eigenvalue weighted by Gasteiger charge is -2.10. The standard InChI is InChI=1S/C24H17F2NS/c1-13(2)14-11-12-27-22(21(14)26)19-7-3-5-17-18-10-9-15-16(6-4-8-20(15)25)23(18)28-24(17)19/h3-13H,1-2H3/i13D. The SMILES string of the molecule is [2H]C(C)(C)c1ccnc(-c2cccc3c2sc2c4cccc(F)c4ccc32)c1F. The fraction of sp³-hybridized carbons (Fsp3) is 0.125. The van der Waals surface area contributed by atoms with Gasteiger partial charge in [-0.15, -0.1) is 11.3 Å². The first-order valence-electron chi connectivity index (χ1n) is 9.54. The molecule has 1 nitrogen and oxygen atoms in total. The fourth-order valence-corrected chi connectivity index (χ4v) is 5.12. The van der Waals surface area contributed by atoms with Gasteiger partial charge in [-0.25, -0.2) is 8.78 Å². The van der Waals surface area contributed by atoms with E-state index in [9.17, 15) is 4.39 Å². The predicted octanol–water partition coefficient (Wildman–Crippen LogP) is 7.67. The highest BCUT2D eigenvalue weighted by Gasteiger charge is 2.18. The average molecular weight is 390 g/mol. The molecule has 0 bridgehead atoms. The number of halogens is 2. The van der Waals surface area contributed by atoms with Gasteiger partial charge in [0.05, 0.1) is 0 Å². The van der Waals surface area contributed by atoms with Crippen molar-refractivity contribution in [2.75, 3.05) is 0 Å².